The molecule has 0 amide bonds. The number of hydrogen-bond acceptors (Lipinski definition) is 6. The van der Waals surface area contributed by atoms with E-state index >= 15 is 0 Å². The van der Waals surface area contributed by atoms with Crippen LogP contribution in [0.4, 0.5) is 5.69 Å². The molecule has 10 heteroatoms. The van der Waals surface area contributed by atoms with E-state index in [0.29, 0.717) is 11.4 Å². The molecule has 18 heavy (non-hydrogen) atoms. The second-order valence-electron chi connectivity index (χ2n) is 3.03. The Kier molecular flexibility index (Phi) is 4.22. The molecule has 1 N–H and O–H groups in total. The molecule has 0 aliphatic rings. The van der Waals surface area contributed by atoms with Crippen LogP contribution in [0.2, 0.25) is 0 Å². The molecular formula is C8H7ClN2O6S. The van der Waals surface area contributed by atoms with Crippen LogP contribution in [0.1, 0.15) is 5.89 Å². The van der Waals surface area contributed by atoms with Crippen LogP contribution >= 0.6 is 10.7 Å². The highest BCUT2D eigenvalue weighted by Crippen LogP contribution is 2.25. The molecule has 0 radical (unpaired) electrons. The van der Waals surface area contributed by atoms with Gasteiger partial charge in [-0.3, -0.25) is 14.7 Å². The Hall–Kier alpha value is -1.71. The zero-order chi connectivity index (χ0) is 13.9. The lowest BCUT2D eigenvalue weighted by Crippen LogP contribution is -1.87. The number of nitro benzene ring substituents is 1. The number of para-hydroxylation sites is 1. The Balaban J connectivity index is 0.000000280. The summed E-state index contributed by atoms with van der Waals surface area (Å²) >= 11 is 0. The van der Waals surface area contributed by atoms with Crippen molar-refractivity contribution in [1.82, 2.24) is 4.98 Å². The first-order chi connectivity index (χ1) is 8.18. The van der Waals surface area contributed by atoms with Gasteiger partial charge in [-0.15, -0.1) is 0 Å². The van der Waals surface area contributed by atoms with E-state index in [0.717, 1.165) is 0 Å². The van der Waals surface area contributed by atoms with Crippen LogP contribution in [0.5, 0.6) is 0 Å². The van der Waals surface area contributed by atoms with Crippen LogP contribution in [0.15, 0.2) is 22.6 Å². The Bertz CT molecular complexity index is 672. The number of benzene rings is 1. The van der Waals surface area contributed by atoms with Crippen molar-refractivity contribution in [3.63, 3.8) is 0 Å². The third-order valence-electron chi connectivity index (χ3n) is 1.70. The van der Waals surface area contributed by atoms with E-state index in [1.165, 1.54) is 6.07 Å². The molecule has 0 aliphatic carbocycles. The fraction of sp³-hybridized carbons (Fsp3) is 0.125. The number of fused-ring (bicyclic) bond motifs is 1. The Morgan fingerprint density at radius 1 is 1.50 bits per heavy atom. The Morgan fingerprint density at radius 2 is 2.06 bits per heavy atom. The Morgan fingerprint density at radius 3 is 2.56 bits per heavy atom. The maximum absolute atomic E-state index is 10.5. The van der Waals surface area contributed by atoms with Crippen LogP contribution in [0.25, 0.3) is 11.1 Å². The van der Waals surface area contributed by atoms with Crippen LogP contribution in [0.3, 0.4) is 0 Å². The maximum Gasteiger partial charge on any atom is 0.353 e. The van der Waals surface area contributed by atoms with Gasteiger partial charge < -0.3 is 4.42 Å². The van der Waals surface area contributed by atoms with Gasteiger partial charge >= 0.3 is 15.0 Å². The Labute approximate surface area is 106 Å². The van der Waals surface area contributed by atoms with Gasteiger partial charge in [-0.25, -0.2) is 4.98 Å². The third-order valence-corrected chi connectivity index (χ3v) is 1.70. The average Bonchev–Trinajstić information content (AvgIpc) is 2.54. The van der Waals surface area contributed by atoms with E-state index in [2.05, 4.69) is 15.7 Å². The molecule has 0 saturated heterocycles. The summed E-state index contributed by atoms with van der Waals surface area (Å²) in [6.07, 6.45) is 0. The molecule has 0 fully saturated rings. The molecule has 98 valence electrons. The zero-order valence-corrected chi connectivity index (χ0v) is 10.5. The summed E-state index contributed by atoms with van der Waals surface area (Å²) in [6.45, 7) is 1.66. The average molecular weight is 295 g/mol. The van der Waals surface area contributed by atoms with Gasteiger partial charge in [0, 0.05) is 23.7 Å². The normalized spacial score (nSPS) is 10.8. The summed E-state index contributed by atoms with van der Waals surface area (Å²) in [5.41, 5.74) is 0.717. The molecule has 0 aliphatic heterocycles. The molecule has 0 atom stereocenters. The molecule has 8 nitrogen and oxygen atoms in total. The summed E-state index contributed by atoms with van der Waals surface area (Å²) in [4.78, 5) is 14.0. The van der Waals surface area contributed by atoms with Gasteiger partial charge in [0.25, 0.3) is 0 Å². The van der Waals surface area contributed by atoms with Gasteiger partial charge in [-0.1, -0.05) is 6.07 Å². The van der Waals surface area contributed by atoms with Gasteiger partial charge in [0.15, 0.2) is 5.89 Å². The lowest BCUT2D eigenvalue weighted by Gasteiger charge is -1.89. The summed E-state index contributed by atoms with van der Waals surface area (Å²) in [5, 5.41) is 10.5. The number of nitrogens with zero attached hydrogens (tertiary/aromatic N) is 2. The first-order valence-corrected chi connectivity index (χ1v) is 6.62. The van der Waals surface area contributed by atoms with Gasteiger partial charge in [0.2, 0.25) is 5.58 Å². The molecule has 1 aromatic carbocycles. The number of nitro groups is 1. The van der Waals surface area contributed by atoms with Crippen molar-refractivity contribution in [2.75, 3.05) is 0 Å². The van der Waals surface area contributed by atoms with Gasteiger partial charge in [-0.2, -0.15) is 8.42 Å². The lowest BCUT2D eigenvalue weighted by atomic mass is 10.3. The molecule has 1 aromatic heterocycles. The summed E-state index contributed by atoms with van der Waals surface area (Å²) in [7, 11) is -0.137. The number of oxazole rings is 1. The summed E-state index contributed by atoms with van der Waals surface area (Å²) in [6, 6.07) is 4.66. The topological polar surface area (TPSA) is 124 Å². The number of hydrogen-bond donors (Lipinski definition) is 1. The largest absolute Gasteiger partial charge is 0.434 e. The van der Waals surface area contributed by atoms with Crippen molar-refractivity contribution in [2.45, 2.75) is 6.92 Å². The molecule has 2 aromatic rings. The van der Waals surface area contributed by atoms with Crippen molar-refractivity contribution in [3.8, 4) is 0 Å². The van der Waals surface area contributed by atoms with Crippen molar-refractivity contribution in [2.24, 2.45) is 0 Å². The second kappa shape index (κ2) is 5.29. The van der Waals surface area contributed by atoms with Crippen molar-refractivity contribution < 1.29 is 22.3 Å². The van der Waals surface area contributed by atoms with Crippen molar-refractivity contribution in [3.05, 3.63) is 34.2 Å². The van der Waals surface area contributed by atoms with E-state index in [-0.39, 0.29) is 11.3 Å². The quantitative estimate of drug-likeness (QED) is 0.369. The molecule has 2 rings (SSSR count). The number of aromatic nitrogens is 1. The monoisotopic (exact) mass is 294 g/mol. The van der Waals surface area contributed by atoms with Crippen LogP contribution < -0.4 is 0 Å². The minimum atomic E-state index is -4.19. The minimum absolute atomic E-state index is 0.0434. The highest BCUT2D eigenvalue weighted by Gasteiger charge is 2.15. The first kappa shape index (κ1) is 14.4. The zero-order valence-electron chi connectivity index (χ0n) is 8.90. The third kappa shape index (κ3) is 4.28. The second-order valence-corrected chi connectivity index (χ2v) is 5.02. The fourth-order valence-electron chi connectivity index (χ4n) is 1.19. The van der Waals surface area contributed by atoms with Gasteiger partial charge in [-0.05, 0) is 6.07 Å². The molecule has 0 spiro atoms. The molecule has 0 bridgehead atoms. The molecular weight excluding hydrogens is 288 g/mol. The van der Waals surface area contributed by atoms with E-state index in [9.17, 15) is 10.1 Å². The number of non-ortho nitro benzene ring substituents is 1. The summed E-state index contributed by atoms with van der Waals surface area (Å²) < 4.78 is 30.3. The molecule has 0 unspecified atom stereocenters. The maximum atomic E-state index is 10.5. The van der Waals surface area contributed by atoms with Crippen molar-refractivity contribution in [1.29, 1.82) is 0 Å². The van der Waals surface area contributed by atoms with E-state index < -0.39 is 14.3 Å². The van der Waals surface area contributed by atoms with Crippen LogP contribution in [-0.2, 0) is 9.33 Å². The van der Waals surface area contributed by atoms with Crippen LogP contribution in [0, 0.1) is 17.0 Å². The standard InChI is InChI=1S/C8H6N2O3.ClHO3S/c1-5-9-6-3-2-4-7(10(11)12)8(6)13-5;1-5(2,3)4/h2-4H,1H3;(H,2,3,4). The molecule has 0 saturated carbocycles. The van der Waals surface area contributed by atoms with E-state index in [1.54, 1.807) is 19.1 Å². The minimum Gasteiger partial charge on any atom is -0.434 e. The predicted octanol–water partition coefficient (Wildman–Crippen LogP) is 2.07. The van der Waals surface area contributed by atoms with E-state index in [4.69, 9.17) is 17.4 Å². The molecule has 1 heterocycles. The number of halogens is 1. The van der Waals surface area contributed by atoms with Crippen LogP contribution in [-0.4, -0.2) is 22.9 Å². The fourth-order valence-corrected chi connectivity index (χ4v) is 1.19. The highest BCUT2D eigenvalue weighted by molar-refractivity contribution is 8.09. The smallest absolute Gasteiger partial charge is 0.353 e. The summed E-state index contributed by atoms with van der Waals surface area (Å²) in [5.74, 6) is 0.435. The first-order valence-electron chi connectivity index (χ1n) is 4.36. The number of aryl methyl sites for hydroxylation is 1. The van der Waals surface area contributed by atoms with Crippen molar-refractivity contribution >= 4 is 36.8 Å². The SMILES string of the molecule is Cc1nc2cccc([N+](=O)[O-])c2o1.O=S(=O)(O)Cl. The number of rotatable bonds is 1. The lowest BCUT2D eigenvalue weighted by molar-refractivity contribution is -0.383. The van der Waals surface area contributed by atoms with Gasteiger partial charge in [0.05, 0.1) is 4.92 Å². The van der Waals surface area contributed by atoms with E-state index in [1.807, 2.05) is 0 Å². The van der Waals surface area contributed by atoms with Gasteiger partial charge in [0.1, 0.15) is 5.52 Å². The predicted molar refractivity (Wildman–Crippen MR) is 62.8 cm³/mol. The highest BCUT2D eigenvalue weighted by atomic mass is 35.7.